The van der Waals surface area contributed by atoms with Gasteiger partial charge in [-0.1, -0.05) is 19.1 Å². The molecule has 0 bridgehead atoms. The summed E-state index contributed by atoms with van der Waals surface area (Å²) >= 11 is 0. The molecule has 1 aliphatic heterocycles. The number of hydrogen-bond donors (Lipinski definition) is 1. The molecule has 9 nitrogen and oxygen atoms in total. The number of rotatable bonds is 4. The Kier molecular flexibility index (Phi) is 4.29. The molecule has 1 aromatic carbocycles. The van der Waals surface area contributed by atoms with Crippen molar-refractivity contribution in [3.05, 3.63) is 50.7 Å². The molecule has 0 atom stereocenters. The summed E-state index contributed by atoms with van der Waals surface area (Å²) in [6.45, 7) is 2.74. The third-order valence-electron chi connectivity index (χ3n) is 5.17. The normalized spacial score (nSPS) is 13.7. The van der Waals surface area contributed by atoms with Gasteiger partial charge in [0.15, 0.2) is 11.2 Å². The van der Waals surface area contributed by atoms with Gasteiger partial charge >= 0.3 is 11.7 Å². The van der Waals surface area contributed by atoms with E-state index in [0.717, 1.165) is 29.6 Å². The molecule has 0 radical (unpaired) electrons. The van der Waals surface area contributed by atoms with Gasteiger partial charge in [0.05, 0.1) is 0 Å². The molecule has 1 aliphatic rings. The van der Waals surface area contributed by atoms with Crippen molar-refractivity contribution in [2.24, 2.45) is 7.05 Å². The van der Waals surface area contributed by atoms with Crippen LogP contribution < -0.4 is 16.1 Å². The maximum absolute atomic E-state index is 12.9. The second-order valence-electron chi connectivity index (χ2n) is 6.89. The van der Waals surface area contributed by atoms with Crippen LogP contribution in [0.15, 0.2) is 33.9 Å². The minimum Gasteiger partial charge on any atom is -0.480 e. The van der Waals surface area contributed by atoms with Gasteiger partial charge in [0.1, 0.15) is 6.54 Å². The molecule has 146 valence electrons. The number of carbonyl (C=O) groups is 1. The van der Waals surface area contributed by atoms with Crippen LogP contribution in [0.2, 0.25) is 0 Å². The van der Waals surface area contributed by atoms with Crippen LogP contribution in [0.5, 0.6) is 0 Å². The SMILES string of the molecule is CCc1ccc(N2CCCn3c2nc2c3c(=O)n(CC(=O)O)c(=O)n2C)cc1. The van der Waals surface area contributed by atoms with E-state index in [1.54, 1.807) is 4.57 Å². The molecule has 3 heterocycles. The number of benzene rings is 1. The van der Waals surface area contributed by atoms with Gasteiger partial charge in [0.2, 0.25) is 5.95 Å². The summed E-state index contributed by atoms with van der Waals surface area (Å²) in [6, 6.07) is 8.17. The van der Waals surface area contributed by atoms with Gasteiger partial charge in [-0.15, -0.1) is 0 Å². The lowest BCUT2D eigenvalue weighted by Crippen LogP contribution is -2.41. The van der Waals surface area contributed by atoms with Crippen molar-refractivity contribution < 1.29 is 9.90 Å². The average Bonchev–Trinajstić information content (AvgIpc) is 3.09. The van der Waals surface area contributed by atoms with Crippen LogP contribution in [0.3, 0.4) is 0 Å². The molecule has 0 amide bonds. The number of aliphatic carboxylic acids is 1. The Balaban J connectivity index is 1.94. The van der Waals surface area contributed by atoms with Crippen LogP contribution in [0.25, 0.3) is 11.2 Å². The van der Waals surface area contributed by atoms with E-state index < -0.39 is 23.8 Å². The Morgan fingerprint density at radius 3 is 2.54 bits per heavy atom. The van der Waals surface area contributed by atoms with Gasteiger partial charge in [-0.05, 0) is 30.5 Å². The number of fused-ring (bicyclic) bond motifs is 3. The highest BCUT2D eigenvalue weighted by Crippen LogP contribution is 2.31. The maximum Gasteiger partial charge on any atom is 0.333 e. The third-order valence-corrected chi connectivity index (χ3v) is 5.17. The summed E-state index contributed by atoms with van der Waals surface area (Å²) in [5, 5.41) is 9.06. The van der Waals surface area contributed by atoms with Crippen molar-refractivity contribution in [3.63, 3.8) is 0 Å². The molecule has 9 heteroatoms. The molecule has 2 aromatic heterocycles. The fraction of sp³-hybridized carbons (Fsp3) is 0.368. The average molecular weight is 383 g/mol. The highest BCUT2D eigenvalue weighted by atomic mass is 16.4. The van der Waals surface area contributed by atoms with Gasteiger partial charge in [0, 0.05) is 25.8 Å². The monoisotopic (exact) mass is 383 g/mol. The van der Waals surface area contributed by atoms with Gasteiger partial charge in [-0.3, -0.25) is 14.2 Å². The lowest BCUT2D eigenvalue weighted by molar-refractivity contribution is -0.137. The Hall–Kier alpha value is -3.36. The molecular formula is C19H21N5O4. The van der Waals surface area contributed by atoms with E-state index in [1.165, 1.54) is 17.2 Å². The summed E-state index contributed by atoms with van der Waals surface area (Å²) in [4.78, 5) is 43.1. The highest BCUT2D eigenvalue weighted by Gasteiger charge is 2.27. The van der Waals surface area contributed by atoms with Crippen LogP contribution in [0.1, 0.15) is 18.9 Å². The number of aryl methyl sites for hydroxylation is 3. The number of carboxylic acid groups (broad SMARTS) is 1. The van der Waals surface area contributed by atoms with Crippen LogP contribution >= 0.6 is 0 Å². The molecule has 0 fully saturated rings. The molecule has 0 unspecified atom stereocenters. The zero-order chi connectivity index (χ0) is 20.0. The van der Waals surface area contributed by atoms with E-state index in [2.05, 4.69) is 24.0 Å². The molecule has 0 aliphatic carbocycles. The lowest BCUT2D eigenvalue weighted by Gasteiger charge is -2.29. The van der Waals surface area contributed by atoms with Gasteiger partial charge in [-0.2, -0.15) is 4.98 Å². The first-order valence-electron chi connectivity index (χ1n) is 9.20. The molecular weight excluding hydrogens is 362 g/mol. The Labute approximate surface area is 160 Å². The summed E-state index contributed by atoms with van der Waals surface area (Å²) in [5.41, 5.74) is 1.41. The number of imidazole rings is 1. The van der Waals surface area contributed by atoms with E-state index in [1.807, 2.05) is 17.0 Å². The Bertz CT molecular complexity index is 1190. The minimum atomic E-state index is -1.24. The number of carboxylic acids is 1. The van der Waals surface area contributed by atoms with Crippen LogP contribution in [-0.2, 0) is 31.4 Å². The summed E-state index contributed by atoms with van der Waals surface area (Å²) < 4.78 is 3.77. The standard InChI is InChI=1S/C19H21N5O4/c1-3-12-5-7-13(8-6-12)22-9-4-10-23-15-16(20-18(22)23)21(2)19(28)24(17(15)27)11-14(25)26/h5-8H,3-4,9-11H2,1-2H3,(H,25,26). The predicted molar refractivity (Wildman–Crippen MR) is 104 cm³/mol. The topological polar surface area (TPSA) is 102 Å². The Morgan fingerprint density at radius 2 is 1.89 bits per heavy atom. The van der Waals surface area contributed by atoms with Gasteiger partial charge in [0.25, 0.3) is 5.56 Å². The quantitative estimate of drug-likeness (QED) is 0.723. The van der Waals surface area contributed by atoms with Crippen LogP contribution in [-0.4, -0.2) is 36.3 Å². The first-order chi connectivity index (χ1) is 13.4. The number of aromatic nitrogens is 4. The zero-order valence-electron chi connectivity index (χ0n) is 15.8. The first-order valence-corrected chi connectivity index (χ1v) is 9.20. The van der Waals surface area contributed by atoms with Crippen molar-refractivity contribution in [1.29, 1.82) is 0 Å². The molecule has 0 saturated carbocycles. The number of nitrogens with zero attached hydrogens (tertiary/aromatic N) is 5. The molecule has 0 saturated heterocycles. The number of anilines is 2. The molecule has 28 heavy (non-hydrogen) atoms. The third kappa shape index (κ3) is 2.70. The van der Waals surface area contributed by atoms with E-state index >= 15 is 0 Å². The first kappa shape index (κ1) is 18.0. The highest BCUT2D eigenvalue weighted by molar-refractivity contribution is 5.77. The van der Waals surface area contributed by atoms with Crippen LogP contribution in [0, 0.1) is 0 Å². The second kappa shape index (κ2) is 6.66. The second-order valence-corrected chi connectivity index (χ2v) is 6.89. The Morgan fingerprint density at radius 1 is 1.18 bits per heavy atom. The summed E-state index contributed by atoms with van der Waals surface area (Å²) in [5.74, 6) is -0.653. The smallest absolute Gasteiger partial charge is 0.333 e. The van der Waals surface area contributed by atoms with Crippen molar-refractivity contribution in [3.8, 4) is 0 Å². The lowest BCUT2D eigenvalue weighted by atomic mass is 10.1. The number of hydrogen-bond acceptors (Lipinski definition) is 5. The van der Waals surface area contributed by atoms with E-state index in [9.17, 15) is 14.4 Å². The molecule has 0 spiro atoms. The van der Waals surface area contributed by atoms with Crippen molar-refractivity contribution in [1.82, 2.24) is 18.7 Å². The zero-order valence-corrected chi connectivity index (χ0v) is 15.8. The van der Waals surface area contributed by atoms with Gasteiger partial charge in [-0.25, -0.2) is 9.36 Å². The predicted octanol–water partition coefficient (Wildman–Crippen LogP) is 1.09. The summed E-state index contributed by atoms with van der Waals surface area (Å²) in [7, 11) is 1.50. The van der Waals surface area contributed by atoms with Crippen molar-refractivity contribution in [2.75, 3.05) is 11.4 Å². The maximum atomic E-state index is 12.9. The molecule has 3 aromatic rings. The minimum absolute atomic E-state index is 0.258. The van der Waals surface area contributed by atoms with Gasteiger partial charge < -0.3 is 14.6 Å². The molecule has 1 N–H and O–H groups in total. The van der Waals surface area contributed by atoms with Crippen molar-refractivity contribution >= 4 is 28.8 Å². The fourth-order valence-corrected chi connectivity index (χ4v) is 3.70. The summed E-state index contributed by atoms with van der Waals surface area (Å²) in [6.07, 6.45) is 1.75. The van der Waals surface area contributed by atoms with E-state index in [0.29, 0.717) is 12.5 Å². The molecule has 4 rings (SSSR count). The van der Waals surface area contributed by atoms with E-state index in [4.69, 9.17) is 5.11 Å². The fourth-order valence-electron chi connectivity index (χ4n) is 3.70. The largest absolute Gasteiger partial charge is 0.480 e. The van der Waals surface area contributed by atoms with E-state index in [-0.39, 0.29) is 11.2 Å². The van der Waals surface area contributed by atoms with Crippen LogP contribution in [0.4, 0.5) is 11.6 Å². The van der Waals surface area contributed by atoms with Crippen molar-refractivity contribution in [2.45, 2.75) is 32.9 Å².